The highest BCUT2D eigenvalue weighted by atomic mass is 19.1. The van der Waals surface area contributed by atoms with Gasteiger partial charge in [-0.25, -0.2) is 28.2 Å². The van der Waals surface area contributed by atoms with Crippen molar-refractivity contribution < 1.29 is 13.6 Å². The Labute approximate surface area is 236 Å². The lowest BCUT2D eigenvalue weighted by atomic mass is 10.1. The molecule has 0 atom stereocenters. The van der Waals surface area contributed by atoms with E-state index in [1.165, 1.54) is 6.07 Å². The number of para-hydroxylation sites is 1. The number of carbonyl (C=O) groups is 1. The Hall–Kier alpha value is -4.86. The molecule has 0 radical (unpaired) electrons. The number of urea groups is 1. The van der Waals surface area contributed by atoms with E-state index in [-0.39, 0.29) is 5.69 Å². The molecule has 3 aromatic carbocycles. The van der Waals surface area contributed by atoms with Crippen molar-refractivity contribution in [2.45, 2.75) is 19.8 Å². The molecular weight excluding hydrogens is 524 g/mol. The number of fused-ring (bicyclic) bond motifs is 1. The number of aromatic nitrogens is 4. The van der Waals surface area contributed by atoms with E-state index in [2.05, 4.69) is 22.3 Å². The van der Waals surface area contributed by atoms with Gasteiger partial charge in [0.2, 0.25) is 0 Å². The Morgan fingerprint density at radius 1 is 0.902 bits per heavy atom. The number of halogens is 2. The van der Waals surface area contributed by atoms with Crippen LogP contribution in [0, 0.1) is 18.6 Å². The van der Waals surface area contributed by atoms with E-state index in [4.69, 9.17) is 15.1 Å². The summed E-state index contributed by atoms with van der Waals surface area (Å²) in [6, 6.07) is 22.7. The minimum Gasteiger partial charge on any atom is -0.354 e. The molecule has 5 aromatic rings. The maximum Gasteiger partial charge on any atom is 0.321 e. The third-order valence-corrected chi connectivity index (χ3v) is 7.19. The molecule has 1 aliphatic heterocycles. The summed E-state index contributed by atoms with van der Waals surface area (Å²) < 4.78 is 29.3. The maximum absolute atomic E-state index is 14.1. The maximum atomic E-state index is 14.1. The van der Waals surface area contributed by atoms with Crippen molar-refractivity contribution in [1.29, 1.82) is 0 Å². The number of amides is 2. The number of benzene rings is 3. The molecule has 0 aliphatic carbocycles. The van der Waals surface area contributed by atoms with Gasteiger partial charge >= 0.3 is 6.03 Å². The molecule has 1 saturated heterocycles. The zero-order chi connectivity index (χ0) is 28.3. The number of carbonyl (C=O) groups excluding carboxylic acids is 1. The van der Waals surface area contributed by atoms with Crippen LogP contribution >= 0.6 is 0 Å². The summed E-state index contributed by atoms with van der Waals surface area (Å²) in [6.07, 6.45) is 1.25. The van der Waals surface area contributed by atoms with Gasteiger partial charge in [-0.1, -0.05) is 48.5 Å². The van der Waals surface area contributed by atoms with E-state index in [0.29, 0.717) is 44.8 Å². The topological polar surface area (TPSA) is 79.2 Å². The largest absolute Gasteiger partial charge is 0.354 e. The predicted molar refractivity (Wildman–Crippen MR) is 154 cm³/mol. The number of hydrogen-bond acceptors (Lipinski definition) is 5. The minimum absolute atomic E-state index is 0.0514. The fraction of sp³-hybridized carbons (Fsp3) is 0.226. The van der Waals surface area contributed by atoms with Gasteiger partial charge in [0.05, 0.1) is 22.5 Å². The van der Waals surface area contributed by atoms with Gasteiger partial charge in [0.1, 0.15) is 23.3 Å². The summed E-state index contributed by atoms with van der Waals surface area (Å²) in [5.74, 6) is -0.0384. The van der Waals surface area contributed by atoms with Crippen LogP contribution in [0.3, 0.4) is 0 Å². The van der Waals surface area contributed by atoms with E-state index in [9.17, 15) is 13.6 Å². The lowest BCUT2D eigenvalue weighted by Gasteiger charge is -2.24. The third kappa shape index (κ3) is 5.58. The first-order valence-corrected chi connectivity index (χ1v) is 13.6. The van der Waals surface area contributed by atoms with E-state index in [1.807, 2.05) is 60.1 Å². The molecule has 2 aromatic heterocycles. The molecule has 0 unspecified atom stereocenters. The smallest absolute Gasteiger partial charge is 0.321 e. The zero-order valence-corrected chi connectivity index (χ0v) is 22.6. The van der Waals surface area contributed by atoms with Crippen LogP contribution < -0.4 is 10.2 Å². The van der Waals surface area contributed by atoms with Crippen molar-refractivity contribution in [3.63, 3.8) is 0 Å². The van der Waals surface area contributed by atoms with Crippen molar-refractivity contribution in [2.24, 2.45) is 0 Å². The Balaban J connectivity index is 1.32. The first-order chi connectivity index (χ1) is 20.0. The van der Waals surface area contributed by atoms with Crippen molar-refractivity contribution >= 4 is 28.6 Å². The van der Waals surface area contributed by atoms with Crippen LogP contribution in [0.5, 0.6) is 0 Å². The zero-order valence-electron chi connectivity index (χ0n) is 22.6. The highest BCUT2D eigenvalue weighted by Gasteiger charge is 2.25. The molecule has 3 heterocycles. The highest BCUT2D eigenvalue weighted by molar-refractivity contribution is 5.91. The Morgan fingerprint density at radius 2 is 1.66 bits per heavy atom. The molecule has 6 rings (SSSR count). The van der Waals surface area contributed by atoms with Crippen LogP contribution in [0.15, 0.2) is 78.9 Å². The highest BCUT2D eigenvalue weighted by Crippen LogP contribution is 2.30. The van der Waals surface area contributed by atoms with Crippen molar-refractivity contribution in [3.05, 3.63) is 108 Å². The Morgan fingerprint density at radius 3 is 2.41 bits per heavy atom. The van der Waals surface area contributed by atoms with Gasteiger partial charge in [-0.3, -0.25) is 0 Å². The average Bonchev–Trinajstić information content (AvgIpc) is 3.14. The van der Waals surface area contributed by atoms with E-state index in [1.54, 1.807) is 4.90 Å². The van der Waals surface area contributed by atoms with E-state index >= 15 is 0 Å². The van der Waals surface area contributed by atoms with Gasteiger partial charge < -0.3 is 15.1 Å². The summed E-state index contributed by atoms with van der Waals surface area (Å²) in [4.78, 5) is 26.8. The Bertz CT molecular complexity index is 1690. The third-order valence-electron chi connectivity index (χ3n) is 7.19. The number of nitrogens with one attached hydrogen (secondary N) is 1. The number of nitrogens with zero attached hydrogens (tertiary/aromatic N) is 6. The molecular formula is C31H29F2N7O. The van der Waals surface area contributed by atoms with E-state index < -0.39 is 17.7 Å². The summed E-state index contributed by atoms with van der Waals surface area (Å²) in [5, 5.41) is 8.29. The van der Waals surface area contributed by atoms with Gasteiger partial charge in [-0.2, -0.15) is 5.10 Å². The van der Waals surface area contributed by atoms with Gasteiger partial charge in [0.15, 0.2) is 5.65 Å². The van der Waals surface area contributed by atoms with Crippen LogP contribution in [0.1, 0.15) is 23.5 Å². The minimum atomic E-state index is -0.810. The standard InChI is InChI=1S/C31H29F2N7O/c1-21-28-29(38-15-8-16-39(18-17-38)31(41)34-26-14-13-23(32)20-25(26)33)35-27(19-22-9-4-2-5-10-22)36-30(28)40(37-21)24-11-6-3-7-12-24/h2-7,9-14,20H,8,15-19H2,1H3,(H,34,41). The summed E-state index contributed by atoms with van der Waals surface area (Å²) >= 11 is 0. The molecule has 1 N–H and O–H groups in total. The van der Waals surface area contributed by atoms with Gasteiger partial charge in [-0.15, -0.1) is 0 Å². The second kappa shape index (κ2) is 11.3. The fourth-order valence-corrected chi connectivity index (χ4v) is 5.16. The van der Waals surface area contributed by atoms with Crippen LogP contribution in [-0.4, -0.2) is 56.9 Å². The van der Waals surface area contributed by atoms with Crippen LogP contribution in [-0.2, 0) is 6.42 Å². The second-order valence-corrected chi connectivity index (χ2v) is 10.0. The number of hydrogen-bond donors (Lipinski definition) is 1. The number of anilines is 2. The Kier molecular flexibility index (Phi) is 7.28. The second-order valence-electron chi connectivity index (χ2n) is 10.0. The molecule has 0 spiro atoms. The van der Waals surface area contributed by atoms with Gasteiger partial charge in [0, 0.05) is 38.7 Å². The quantitative estimate of drug-likeness (QED) is 0.301. The molecule has 8 nitrogen and oxygen atoms in total. The van der Waals surface area contributed by atoms with Crippen molar-refractivity contribution in [3.8, 4) is 5.69 Å². The fourth-order valence-electron chi connectivity index (χ4n) is 5.16. The molecule has 0 bridgehead atoms. The molecule has 41 heavy (non-hydrogen) atoms. The van der Waals surface area contributed by atoms with E-state index in [0.717, 1.165) is 45.9 Å². The van der Waals surface area contributed by atoms with Gasteiger partial charge in [0.25, 0.3) is 0 Å². The first kappa shape index (κ1) is 26.4. The van der Waals surface area contributed by atoms with Crippen molar-refractivity contribution in [2.75, 3.05) is 36.4 Å². The van der Waals surface area contributed by atoms with Crippen LogP contribution in [0.4, 0.5) is 25.1 Å². The molecule has 208 valence electrons. The summed E-state index contributed by atoms with van der Waals surface area (Å²) in [5.41, 5.74) is 3.51. The lowest BCUT2D eigenvalue weighted by molar-refractivity contribution is 0.215. The molecule has 0 saturated carbocycles. The monoisotopic (exact) mass is 553 g/mol. The molecule has 2 amide bonds. The molecule has 1 aliphatic rings. The molecule has 10 heteroatoms. The number of aryl methyl sites for hydroxylation is 1. The summed E-state index contributed by atoms with van der Waals surface area (Å²) in [7, 11) is 0. The number of rotatable bonds is 5. The predicted octanol–water partition coefficient (Wildman–Crippen LogP) is 5.74. The van der Waals surface area contributed by atoms with Crippen LogP contribution in [0.25, 0.3) is 16.7 Å². The lowest BCUT2D eigenvalue weighted by Crippen LogP contribution is -2.38. The first-order valence-electron chi connectivity index (χ1n) is 13.6. The van der Waals surface area contributed by atoms with Crippen molar-refractivity contribution in [1.82, 2.24) is 24.6 Å². The average molecular weight is 554 g/mol. The summed E-state index contributed by atoms with van der Waals surface area (Å²) in [6.45, 7) is 4.03. The van der Waals surface area contributed by atoms with Crippen LogP contribution in [0.2, 0.25) is 0 Å². The van der Waals surface area contributed by atoms with Gasteiger partial charge in [-0.05, 0) is 43.2 Å². The normalized spacial score (nSPS) is 13.8. The molecule has 1 fully saturated rings. The SMILES string of the molecule is Cc1nn(-c2ccccc2)c2nc(Cc3ccccc3)nc(N3CCCN(C(=O)Nc4ccc(F)cc4F)CC3)c12.